The van der Waals surface area contributed by atoms with Crippen LogP contribution in [-0.2, 0) is 14.6 Å². The first-order valence-electron chi connectivity index (χ1n) is 8.93. The minimum absolute atomic E-state index is 0.0156. The zero-order valence-electron chi connectivity index (χ0n) is 14.4. The van der Waals surface area contributed by atoms with Gasteiger partial charge in [0.05, 0.1) is 11.5 Å². The van der Waals surface area contributed by atoms with Crippen molar-refractivity contribution in [2.75, 3.05) is 18.1 Å². The number of rotatable bonds is 3. The third kappa shape index (κ3) is 3.38. The molecule has 2 saturated heterocycles. The van der Waals surface area contributed by atoms with Crippen molar-refractivity contribution in [1.82, 2.24) is 15.0 Å². The van der Waals surface area contributed by atoms with E-state index in [1.165, 1.54) is 0 Å². The Hall–Kier alpha value is -2.22. The second kappa shape index (κ2) is 6.83. The molecular formula is C18H21N3O4S. The van der Waals surface area contributed by atoms with Crippen LogP contribution in [0.25, 0.3) is 11.4 Å². The van der Waals surface area contributed by atoms with Gasteiger partial charge in [0.2, 0.25) is 17.6 Å². The number of sulfone groups is 1. The van der Waals surface area contributed by atoms with E-state index in [1.54, 1.807) is 4.90 Å². The molecule has 138 valence electrons. The minimum Gasteiger partial charge on any atom is -0.337 e. The summed E-state index contributed by atoms with van der Waals surface area (Å²) >= 11 is 0. The molecule has 4 rings (SSSR count). The largest absolute Gasteiger partial charge is 0.337 e. The van der Waals surface area contributed by atoms with Crippen LogP contribution >= 0.6 is 0 Å². The third-order valence-corrected chi connectivity index (χ3v) is 6.91. The summed E-state index contributed by atoms with van der Waals surface area (Å²) in [4.78, 5) is 19.2. The van der Waals surface area contributed by atoms with Crippen LogP contribution in [0.5, 0.6) is 0 Å². The number of likely N-dealkylation sites (tertiary alicyclic amines) is 1. The van der Waals surface area contributed by atoms with E-state index in [0.29, 0.717) is 31.1 Å². The molecule has 2 aliphatic rings. The number of amides is 1. The number of hydrogen-bond donors (Lipinski definition) is 0. The molecule has 2 aliphatic heterocycles. The first-order chi connectivity index (χ1) is 12.5. The maximum atomic E-state index is 12.9. The molecule has 1 amide bonds. The molecule has 0 saturated carbocycles. The number of aromatic nitrogens is 2. The van der Waals surface area contributed by atoms with Crippen LogP contribution in [0.2, 0.25) is 0 Å². The van der Waals surface area contributed by atoms with Gasteiger partial charge in [0.25, 0.3) is 0 Å². The summed E-state index contributed by atoms with van der Waals surface area (Å²) < 4.78 is 28.7. The van der Waals surface area contributed by atoms with Crippen molar-refractivity contribution in [2.24, 2.45) is 5.92 Å². The number of nitrogens with zero attached hydrogens (tertiary/aromatic N) is 3. The number of benzene rings is 1. The van der Waals surface area contributed by atoms with Gasteiger partial charge in [-0.05, 0) is 25.7 Å². The Balaban J connectivity index is 1.50. The lowest BCUT2D eigenvalue weighted by molar-refractivity contribution is -0.137. The second-order valence-electron chi connectivity index (χ2n) is 6.94. The average Bonchev–Trinajstić information content (AvgIpc) is 3.31. The summed E-state index contributed by atoms with van der Waals surface area (Å²) in [5.41, 5.74) is 0.871. The topological polar surface area (TPSA) is 93.4 Å². The predicted octanol–water partition coefficient (Wildman–Crippen LogP) is 2.22. The van der Waals surface area contributed by atoms with Crippen LogP contribution in [0.3, 0.4) is 0 Å². The highest BCUT2D eigenvalue weighted by atomic mass is 32.2. The minimum atomic E-state index is -2.98. The molecule has 2 fully saturated rings. The molecule has 0 unspecified atom stereocenters. The van der Waals surface area contributed by atoms with Gasteiger partial charge in [-0.1, -0.05) is 35.5 Å². The van der Waals surface area contributed by atoms with Crippen LogP contribution in [0.4, 0.5) is 0 Å². The van der Waals surface area contributed by atoms with Crippen LogP contribution in [0.15, 0.2) is 34.9 Å². The van der Waals surface area contributed by atoms with Gasteiger partial charge in [0, 0.05) is 18.0 Å². The number of carbonyl (C=O) groups excluding carboxylic acids is 1. The van der Waals surface area contributed by atoms with Crippen LogP contribution in [-0.4, -0.2) is 47.4 Å². The van der Waals surface area contributed by atoms with Gasteiger partial charge in [-0.2, -0.15) is 4.98 Å². The maximum absolute atomic E-state index is 12.9. The van der Waals surface area contributed by atoms with E-state index >= 15 is 0 Å². The second-order valence-corrected chi connectivity index (χ2v) is 9.24. The average molecular weight is 375 g/mol. The molecule has 7 nitrogen and oxygen atoms in total. The summed E-state index contributed by atoms with van der Waals surface area (Å²) in [6, 6.07) is 9.35. The predicted molar refractivity (Wildman–Crippen MR) is 94.8 cm³/mol. The highest BCUT2D eigenvalue weighted by molar-refractivity contribution is 7.91. The number of carbonyl (C=O) groups is 1. The van der Waals surface area contributed by atoms with Crippen molar-refractivity contribution < 1.29 is 17.7 Å². The Morgan fingerprint density at radius 3 is 2.58 bits per heavy atom. The smallest absolute Gasteiger partial charge is 0.249 e. The molecule has 1 aromatic carbocycles. The Bertz CT molecular complexity index is 880. The zero-order chi connectivity index (χ0) is 18.1. The van der Waals surface area contributed by atoms with E-state index in [2.05, 4.69) is 10.1 Å². The monoisotopic (exact) mass is 375 g/mol. The van der Waals surface area contributed by atoms with E-state index in [0.717, 1.165) is 18.4 Å². The summed E-state index contributed by atoms with van der Waals surface area (Å²) in [5.74, 6) is 0.959. The molecule has 0 radical (unpaired) electrons. The molecular weight excluding hydrogens is 354 g/mol. The van der Waals surface area contributed by atoms with Crippen molar-refractivity contribution in [3.8, 4) is 11.4 Å². The first-order valence-corrected chi connectivity index (χ1v) is 10.8. The molecule has 1 aromatic heterocycles. The van der Waals surface area contributed by atoms with Crippen molar-refractivity contribution in [2.45, 2.75) is 31.7 Å². The van der Waals surface area contributed by atoms with Gasteiger partial charge < -0.3 is 9.42 Å². The highest BCUT2D eigenvalue weighted by Gasteiger charge is 2.38. The van der Waals surface area contributed by atoms with E-state index < -0.39 is 9.84 Å². The van der Waals surface area contributed by atoms with Gasteiger partial charge in [-0.3, -0.25) is 4.79 Å². The third-order valence-electron chi connectivity index (χ3n) is 5.20. The molecule has 0 aliphatic carbocycles. The number of hydrogen-bond acceptors (Lipinski definition) is 6. The van der Waals surface area contributed by atoms with Crippen molar-refractivity contribution in [1.29, 1.82) is 0 Å². The fraction of sp³-hybridized carbons (Fsp3) is 0.500. The van der Waals surface area contributed by atoms with Crippen LogP contribution in [0.1, 0.15) is 37.6 Å². The zero-order valence-corrected chi connectivity index (χ0v) is 15.2. The molecule has 26 heavy (non-hydrogen) atoms. The molecule has 0 bridgehead atoms. The molecule has 8 heteroatoms. The molecule has 1 atom stereocenters. The Kier molecular flexibility index (Phi) is 4.52. The standard InChI is InChI=1S/C18H21N3O4S/c22-18(14-8-11-26(23,24)12-9-14)21-10-4-7-15(21)17-19-16(20-25-17)13-5-2-1-3-6-13/h1-3,5-6,14-15H,4,7-12H2/t15-/m0/s1. The van der Waals surface area contributed by atoms with Gasteiger partial charge in [-0.25, -0.2) is 8.42 Å². The first kappa shape index (κ1) is 17.2. The van der Waals surface area contributed by atoms with Crippen molar-refractivity contribution in [3.05, 3.63) is 36.2 Å². The summed E-state index contributed by atoms with van der Waals surface area (Å²) in [6.45, 7) is 0.649. The van der Waals surface area contributed by atoms with Crippen LogP contribution in [0, 0.1) is 5.92 Å². The summed E-state index contributed by atoms with van der Waals surface area (Å²) in [6.07, 6.45) is 2.48. The maximum Gasteiger partial charge on any atom is 0.249 e. The van der Waals surface area contributed by atoms with E-state index in [1.807, 2.05) is 30.3 Å². The SMILES string of the molecule is O=C(C1CCS(=O)(=O)CC1)N1CCC[C@H]1c1nc(-c2ccccc2)no1. The van der Waals surface area contributed by atoms with Crippen molar-refractivity contribution in [3.63, 3.8) is 0 Å². The fourth-order valence-electron chi connectivity index (χ4n) is 3.73. The lowest BCUT2D eigenvalue weighted by atomic mass is 10.0. The quantitative estimate of drug-likeness (QED) is 0.817. The van der Waals surface area contributed by atoms with Gasteiger partial charge in [0.15, 0.2) is 0 Å². The Labute approximate surface area is 152 Å². The Morgan fingerprint density at radius 1 is 1.12 bits per heavy atom. The van der Waals surface area contributed by atoms with Crippen molar-refractivity contribution >= 4 is 15.7 Å². The van der Waals surface area contributed by atoms with E-state index in [9.17, 15) is 13.2 Å². The van der Waals surface area contributed by atoms with Gasteiger partial charge in [0.1, 0.15) is 15.9 Å². The van der Waals surface area contributed by atoms with Gasteiger partial charge >= 0.3 is 0 Å². The highest BCUT2D eigenvalue weighted by Crippen LogP contribution is 2.34. The molecule has 2 aromatic rings. The summed E-state index contributed by atoms with van der Waals surface area (Å²) in [7, 11) is -2.98. The lowest BCUT2D eigenvalue weighted by Gasteiger charge is -2.29. The fourth-order valence-corrected chi connectivity index (χ4v) is 5.23. The summed E-state index contributed by atoms with van der Waals surface area (Å²) in [5, 5.41) is 4.05. The van der Waals surface area contributed by atoms with Gasteiger partial charge in [-0.15, -0.1) is 0 Å². The lowest BCUT2D eigenvalue weighted by Crippen LogP contribution is -2.39. The van der Waals surface area contributed by atoms with E-state index in [-0.39, 0.29) is 29.4 Å². The normalized spacial score (nSPS) is 23.2. The molecule has 0 N–H and O–H groups in total. The Morgan fingerprint density at radius 2 is 1.85 bits per heavy atom. The molecule has 3 heterocycles. The van der Waals surface area contributed by atoms with E-state index in [4.69, 9.17) is 4.52 Å². The molecule has 0 spiro atoms. The van der Waals surface area contributed by atoms with Crippen LogP contribution < -0.4 is 0 Å².